The summed E-state index contributed by atoms with van der Waals surface area (Å²) in [5, 5.41) is 8.75. The number of amides is 2. The molecule has 0 aliphatic carbocycles. The lowest BCUT2D eigenvalue weighted by Gasteiger charge is -2.15. The van der Waals surface area contributed by atoms with Crippen molar-refractivity contribution in [3.8, 4) is 29.1 Å². The third kappa shape index (κ3) is 5.77. The van der Waals surface area contributed by atoms with Gasteiger partial charge in [-0.2, -0.15) is 5.26 Å². The lowest BCUT2D eigenvalue weighted by atomic mass is 10.1. The highest BCUT2D eigenvalue weighted by Crippen LogP contribution is 2.39. The second-order valence-corrected chi connectivity index (χ2v) is 5.69. The van der Waals surface area contributed by atoms with E-state index in [2.05, 4.69) is 10.9 Å². The maximum Gasteiger partial charge on any atom is 0.276 e. The average molecular weight is 399 g/mol. The Morgan fingerprint density at radius 3 is 2.14 bits per heavy atom. The van der Waals surface area contributed by atoms with Gasteiger partial charge in [-0.25, -0.2) is 0 Å². The van der Waals surface area contributed by atoms with Crippen molar-refractivity contribution in [3.63, 3.8) is 0 Å². The summed E-state index contributed by atoms with van der Waals surface area (Å²) in [6.45, 7) is -0.300. The number of rotatable bonds is 8. The Morgan fingerprint density at radius 1 is 0.897 bits per heavy atom. The molecular formula is C20H21N3O6. The fourth-order valence-electron chi connectivity index (χ4n) is 2.47. The number of ether oxygens (including phenoxy) is 4. The van der Waals surface area contributed by atoms with Gasteiger partial charge in [-0.15, -0.1) is 0 Å². The molecule has 0 unspecified atom stereocenters. The molecule has 2 aromatic rings. The molecule has 0 radical (unpaired) electrons. The minimum atomic E-state index is -0.540. The minimum absolute atomic E-state index is 0.0553. The van der Waals surface area contributed by atoms with E-state index in [-0.39, 0.29) is 13.0 Å². The molecule has 0 aliphatic rings. The van der Waals surface area contributed by atoms with Crippen molar-refractivity contribution in [3.05, 3.63) is 47.5 Å². The number of benzene rings is 2. The summed E-state index contributed by atoms with van der Waals surface area (Å²) in [6.07, 6.45) is -0.0553. The number of nitriles is 1. The van der Waals surface area contributed by atoms with E-state index in [9.17, 15) is 9.59 Å². The smallest absolute Gasteiger partial charge is 0.276 e. The third-order valence-electron chi connectivity index (χ3n) is 3.83. The molecular weight excluding hydrogens is 378 g/mol. The highest BCUT2D eigenvalue weighted by Gasteiger charge is 2.18. The van der Waals surface area contributed by atoms with E-state index >= 15 is 0 Å². The summed E-state index contributed by atoms with van der Waals surface area (Å²) in [4.78, 5) is 24.0. The summed E-state index contributed by atoms with van der Waals surface area (Å²) in [5.74, 6) is 0.657. The lowest BCUT2D eigenvalue weighted by molar-refractivity contribution is -0.129. The van der Waals surface area contributed by atoms with E-state index in [0.29, 0.717) is 34.1 Å². The Labute approximate surface area is 168 Å². The van der Waals surface area contributed by atoms with Gasteiger partial charge in [-0.05, 0) is 30.3 Å². The van der Waals surface area contributed by atoms with Gasteiger partial charge >= 0.3 is 0 Å². The van der Waals surface area contributed by atoms with Gasteiger partial charge in [0.15, 0.2) is 18.1 Å². The number of carbonyl (C=O) groups excluding carboxylic acids is 2. The Balaban J connectivity index is 1.87. The third-order valence-corrected chi connectivity index (χ3v) is 3.83. The van der Waals surface area contributed by atoms with Crippen molar-refractivity contribution < 1.29 is 28.5 Å². The van der Waals surface area contributed by atoms with Gasteiger partial charge in [0.1, 0.15) is 5.75 Å². The Hall–Kier alpha value is -3.93. The molecule has 0 saturated heterocycles. The molecule has 0 bridgehead atoms. The standard InChI is InChI=1S/C20H21N3O6/c1-26-16-9-6-14(19(27-2)20(16)28-3)10-17(24)22-23-18(25)12-29-15-7-4-13(11-21)5-8-15/h4-9H,10,12H2,1-3H3,(H,22,24)(H,23,25). The van der Waals surface area contributed by atoms with Gasteiger partial charge in [0.2, 0.25) is 11.7 Å². The summed E-state index contributed by atoms with van der Waals surface area (Å²) in [5.41, 5.74) is 5.63. The minimum Gasteiger partial charge on any atom is -0.493 e. The van der Waals surface area contributed by atoms with Crippen molar-refractivity contribution in [1.82, 2.24) is 10.9 Å². The quantitative estimate of drug-likeness (QED) is 0.643. The normalized spacial score (nSPS) is 9.72. The molecule has 0 aromatic heterocycles. The van der Waals surface area contributed by atoms with Crippen LogP contribution in [0.25, 0.3) is 0 Å². The van der Waals surface area contributed by atoms with Crippen LogP contribution in [0.3, 0.4) is 0 Å². The average Bonchev–Trinajstić information content (AvgIpc) is 2.76. The van der Waals surface area contributed by atoms with Crippen LogP contribution in [-0.2, 0) is 16.0 Å². The molecule has 9 heteroatoms. The van der Waals surface area contributed by atoms with E-state index in [1.165, 1.54) is 21.3 Å². The molecule has 2 N–H and O–H groups in total. The number of nitrogens with zero attached hydrogens (tertiary/aromatic N) is 1. The van der Waals surface area contributed by atoms with Crippen molar-refractivity contribution in [2.24, 2.45) is 0 Å². The number of hydrazine groups is 1. The molecule has 152 valence electrons. The molecule has 0 atom stereocenters. The molecule has 29 heavy (non-hydrogen) atoms. The van der Waals surface area contributed by atoms with Gasteiger partial charge in [0, 0.05) is 5.56 Å². The second kappa shape index (κ2) is 10.4. The van der Waals surface area contributed by atoms with Crippen LogP contribution in [0, 0.1) is 11.3 Å². The fraction of sp³-hybridized carbons (Fsp3) is 0.250. The van der Waals surface area contributed by atoms with Crippen molar-refractivity contribution in [1.29, 1.82) is 5.26 Å². The number of carbonyl (C=O) groups is 2. The van der Waals surface area contributed by atoms with E-state index in [4.69, 9.17) is 24.2 Å². The topological polar surface area (TPSA) is 119 Å². The van der Waals surface area contributed by atoms with Crippen LogP contribution in [0.15, 0.2) is 36.4 Å². The zero-order chi connectivity index (χ0) is 21.2. The fourth-order valence-corrected chi connectivity index (χ4v) is 2.47. The molecule has 0 aliphatic heterocycles. The highest BCUT2D eigenvalue weighted by atomic mass is 16.5. The van der Waals surface area contributed by atoms with E-state index in [0.717, 1.165) is 0 Å². The molecule has 9 nitrogen and oxygen atoms in total. The first kappa shape index (κ1) is 21.4. The maximum absolute atomic E-state index is 12.2. The van der Waals surface area contributed by atoms with Crippen molar-refractivity contribution in [2.75, 3.05) is 27.9 Å². The first-order valence-electron chi connectivity index (χ1n) is 8.50. The molecule has 0 fully saturated rings. The van der Waals surface area contributed by atoms with Gasteiger partial charge in [0.25, 0.3) is 5.91 Å². The Bertz CT molecular complexity index is 906. The Kier molecular flexibility index (Phi) is 7.68. The Morgan fingerprint density at radius 2 is 1.55 bits per heavy atom. The highest BCUT2D eigenvalue weighted by molar-refractivity contribution is 5.84. The largest absolute Gasteiger partial charge is 0.493 e. The SMILES string of the molecule is COc1ccc(CC(=O)NNC(=O)COc2ccc(C#N)cc2)c(OC)c1OC. The number of methoxy groups -OCH3 is 3. The van der Waals surface area contributed by atoms with Crippen LogP contribution >= 0.6 is 0 Å². The first-order valence-corrected chi connectivity index (χ1v) is 8.50. The zero-order valence-corrected chi connectivity index (χ0v) is 16.3. The van der Waals surface area contributed by atoms with Gasteiger partial charge < -0.3 is 18.9 Å². The van der Waals surface area contributed by atoms with Crippen LogP contribution in [0.1, 0.15) is 11.1 Å². The molecule has 0 spiro atoms. The van der Waals surface area contributed by atoms with E-state index in [1.807, 2.05) is 6.07 Å². The van der Waals surface area contributed by atoms with Crippen LogP contribution in [0.2, 0.25) is 0 Å². The molecule has 0 saturated carbocycles. The molecule has 2 rings (SSSR count). The number of hydrogen-bond acceptors (Lipinski definition) is 7. The molecule has 2 amide bonds. The molecule has 2 aromatic carbocycles. The zero-order valence-electron chi connectivity index (χ0n) is 16.3. The second-order valence-electron chi connectivity index (χ2n) is 5.69. The predicted molar refractivity (Wildman–Crippen MR) is 103 cm³/mol. The van der Waals surface area contributed by atoms with E-state index < -0.39 is 11.8 Å². The first-order chi connectivity index (χ1) is 14.0. The maximum atomic E-state index is 12.2. The van der Waals surface area contributed by atoms with Crippen molar-refractivity contribution >= 4 is 11.8 Å². The lowest BCUT2D eigenvalue weighted by Crippen LogP contribution is -2.44. The predicted octanol–water partition coefficient (Wildman–Crippen LogP) is 1.35. The van der Waals surface area contributed by atoms with Crippen molar-refractivity contribution in [2.45, 2.75) is 6.42 Å². The molecule has 0 heterocycles. The monoisotopic (exact) mass is 399 g/mol. The summed E-state index contributed by atoms with van der Waals surface area (Å²) < 4.78 is 21.1. The van der Waals surface area contributed by atoms with Gasteiger partial charge in [-0.1, -0.05) is 6.07 Å². The number of nitrogens with one attached hydrogen (secondary N) is 2. The van der Waals surface area contributed by atoms with Crippen LogP contribution in [0.5, 0.6) is 23.0 Å². The number of hydrogen-bond donors (Lipinski definition) is 2. The van der Waals surface area contributed by atoms with Gasteiger partial charge in [0.05, 0.1) is 39.4 Å². The van der Waals surface area contributed by atoms with E-state index in [1.54, 1.807) is 36.4 Å². The van der Waals surface area contributed by atoms with Crippen LogP contribution < -0.4 is 29.8 Å². The van der Waals surface area contributed by atoms with Crippen LogP contribution in [-0.4, -0.2) is 39.8 Å². The van der Waals surface area contributed by atoms with Crippen LogP contribution in [0.4, 0.5) is 0 Å². The summed E-state index contributed by atoms with van der Waals surface area (Å²) >= 11 is 0. The summed E-state index contributed by atoms with van der Waals surface area (Å²) in [7, 11) is 4.43. The summed E-state index contributed by atoms with van der Waals surface area (Å²) in [6, 6.07) is 11.6. The van der Waals surface area contributed by atoms with Gasteiger partial charge in [-0.3, -0.25) is 20.4 Å².